The second-order valence-electron chi connectivity index (χ2n) is 4.50. The van der Waals surface area contributed by atoms with Crippen LogP contribution in [0.5, 0.6) is 0 Å². The SMILES string of the molecule is CC(c1cccs1)N(C)CC(=O)Nc1cccnc1Cl. The maximum absolute atomic E-state index is 12.0. The van der Waals surface area contributed by atoms with E-state index in [2.05, 4.69) is 23.3 Å². The van der Waals surface area contributed by atoms with Crippen molar-refractivity contribution in [3.05, 3.63) is 45.9 Å². The standard InChI is InChI=1S/C14H16ClN3OS/c1-10(12-6-4-8-20-12)18(2)9-13(19)17-11-5-3-7-16-14(11)15/h3-8,10H,9H2,1-2H3,(H,17,19). The van der Waals surface area contributed by atoms with Gasteiger partial charge >= 0.3 is 0 Å². The molecule has 0 aliphatic rings. The van der Waals surface area contributed by atoms with E-state index in [0.29, 0.717) is 17.4 Å². The summed E-state index contributed by atoms with van der Waals surface area (Å²) in [5, 5.41) is 5.11. The zero-order valence-corrected chi connectivity index (χ0v) is 12.9. The molecule has 106 valence electrons. The van der Waals surface area contributed by atoms with Crippen LogP contribution in [0, 0.1) is 0 Å². The van der Waals surface area contributed by atoms with E-state index in [-0.39, 0.29) is 11.9 Å². The van der Waals surface area contributed by atoms with Crippen molar-refractivity contribution in [3.63, 3.8) is 0 Å². The number of carbonyl (C=O) groups is 1. The van der Waals surface area contributed by atoms with Gasteiger partial charge in [0.15, 0.2) is 5.15 Å². The van der Waals surface area contributed by atoms with Crippen molar-refractivity contribution in [2.45, 2.75) is 13.0 Å². The summed E-state index contributed by atoms with van der Waals surface area (Å²) < 4.78 is 0. The summed E-state index contributed by atoms with van der Waals surface area (Å²) in [5.41, 5.74) is 0.538. The lowest BCUT2D eigenvalue weighted by atomic mass is 10.2. The van der Waals surface area contributed by atoms with Crippen molar-refractivity contribution in [2.24, 2.45) is 0 Å². The summed E-state index contributed by atoms with van der Waals surface area (Å²) in [7, 11) is 1.93. The Hall–Kier alpha value is -1.43. The highest BCUT2D eigenvalue weighted by molar-refractivity contribution is 7.10. The number of pyridine rings is 1. The molecule has 1 atom stereocenters. The van der Waals surface area contributed by atoms with Crippen molar-refractivity contribution in [1.82, 2.24) is 9.88 Å². The van der Waals surface area contributed by atoms with E-state index in [1.54, 1.807) is 29.7 Å². The molecule has 0 aliphatic carbocycles. The van der Waals surface area contributed by atoms with Crippen LogP contribution < -0.4 is 5.32 Å². The van der Waals surface area contributed by atoms with Crippen molar-refractivity contribution in [1.29, 1.82) is 0 Å². The topological polar surface area (TPSA) is 45.2 Å². The maximum atomic E-state index is 12.0. The number of anilines is 1. The average Bonchev–Trinajstić information content (AvgIpc) is 2.94. The fourth-order valence-electron chi connectivity index (χ4n) is 1.78. The van der Waals surface area contributed by atoms with Crippen LogP contribution in [-0.2, 0) is 4.79 Å². The highest BCUT2D eigenvalue weighted by Crippen LogP contribution is 2.23. The molecule has 2 rings (SSSR count). The number of nitrogens with one attached hydrogen (secondary N) is 1. The van der Waals surface area contributed by atoms with Crippen molar-refractivity contribution in [2.75, 3.05) is 18.9 Å². The van der Waals surface area contributed by atoms with Crippen LogP contribution >= 0.6 is 22.9 Å². The molecule has 2 heterocycles. The number of likely N-dealkylation sites (N-methyl/N-ethyl adjacent to an activating group) is 1. The smallest absolute Gasteiger partial charge is 0.238 e. The molecule has 0 spiro atoms. The van der Waals surface area contributed by atoms with Crippen LogP contribution in [0.4, 0.5) is 5.69 Å². The Morgan fingerprint density at radius 3 is 2.95 bits per heavy atom. The van der Waals surface area contributed by atoms with E-state index < -0.39 is 0 Å². The van der Waals surface area contributed by atoms with E-state index in [4.69, 9.17) is 11.6 Å². The normalized spacial score (nSPS) is 12.4. The minimum absolute atomic E-state index is 0.106. The lowest BCUT2D eigenvalue weighted by Crippen LogP contribution is -2.32. The minimum atomic E-state index is -0.106. The van der Waals surface area contributed by atoms with Crippen LogP contribution in [0.2, 0.25) is 5.15 Å². The number of hydrogen-bond acceptors (Lipinski definition) is 4. The second-order valence-corrected chi connectivity index (χ2v) is 5.83. The first-order chi connectivity index (χ1) is 9.58. The summed E-state index contributed by atoms with van der Waals surface area (Å²) in [5.74, 6) is -0.106. The van der Waals surface area contributed by atoms with Crippen LogP contribution in [-0.4, -0.2) is 29.4 Å². The number of hydrogen-bond donors (Lipinski definition) is 1. The molecule has 0 bridgehead atoms. The minimum Gasteiger partial charge on any atom is -0.322 e. The van der Waals surface area contributed by atoms with Crippen LogP contribution in [0.15, 0.2) is 35.8 Å². The van der Waals surface area contributed by atoms with Crippen molar-refractivity contribution in [3.8, 4) is 0 Å². The van der Waals surface area contributed by atoms with Crippen LogP contribution in [0.25, 0.3) is 0 Å². The number of aromatic nitrogens is 1. The van der Waals surface area contributed by atoms with Crippen molar-refractivity contribution < 1.29 is 4.79 Å². The predicted octanol–water partition coefficient (Wildman–Crippen LogP) is 3.43. The first-order valence-electron chi connectivity index (χ1n) is 6.22. The lowest BCUT2D eigenvalue weighted by Gasteiger charge is -2.23. The van der Waals surface area contributed by atoms with E-state index >= 15 is 0 Å². The van der Waals surface area contributed by atoms with Gasteiger partial charge in [-0.15, -0.1) is 11.3 Å². The summed E-state index contributed by atoms with van der Waals surface area (Å²) in [6.45, 7) is 2.38. The molecule has 4 nitrogen and oxygen atoms in total. The Kier molecular flexibility index (Phi) is 5.11. The first kappa shape index (κ1) is 15.0. The molecule has 1 amide bonds. The number of thiophene rings is 1. The molecule has 0 aliphatic heterocycles. The molecule has 0 aromatic carbocycles. The monoisotopic (exact) mass is 309 g/mol. The molecular formula is C14H16ClN3OS. The molecule has 1 unspecified atom stereocenters. The largest absolute Gasteiger partial charge is 0.322 e. The van der Waals surface area contributed by atoms with Crippen LogP contribution in [0.1, 0.15) is 17.8 Å². The quantitative estimate of drug-likeness (QED) is 0.861. The number of halogens is 1. The first-order valence-corrected chi connectivity index (χ1v) is 7.47. The Balaban J connectivity index is 1.93. The molecule has 0 fully saturated rings. The lowest BCUT2D eigenvalue weighted by molar-refractivity contribution is -0.117. The van der Waals surface area contributed by atoms with Gasteiger partial charge in [0, 0.05) is 17.1 Å². The Labute approximate surface area is 127 Å². The molecule has 20 heavy (non-hydrogen) atoms. The van der Waals surface area contributed by atoms with Gasteiger partial charge in [0.1, 0.15) is 0 Å². The highest BCUT2D eigenvalue weighted by atomic mass is 35.5. The third-order valence-electron chi connectivity index (χ3n) is 3.04. The summed E-state index contributed by atoms with van der Waals surface area (Å²) in [4.78, 5) is 19.2. The number of nitrogens with zero attached hydrogens (tertiary/aromatic N) is 2. The molecule has 6 heteroatoms. The Bertz CT molecular complexity index is 574. The molecule has 2 aromatic heterocycles. The van der Waals surface area contributed by atoms with Gasteiger partial charge in [0.25, 0.3) is 0 Å². The highest BCUT2D eigenvalue weighted by Gasteiger charge is 2.16. The zero-order chi connectivity index (χ0) is 14.5. The van der Waals surface area contributed by atoms with Gasteiger partial charge in [0.2, 0.25) is 5.91 Å². The van der Waals surface area contributed by atoms with Gasteiger partial charge in [-0.25, -0.2) is 4.98 Å². The third kappa shape index (κ3) is 3.79. The summed E-state index contributed by atoms with van der Waals surface area (Å²) in [6.07, 6.45) is 1.59. The fourth-order valence-corrected chi connectivity index (χ4v) is 2.79. The molecular weight excluding hydrogens is 294 g/mol. The zero-order valence-electron chi connectivity index (χ0n) is 11.3. The molecule has 2 aromatic rings. The van der Waals surface area contributed by atoms with Gasteiger partial charge in [-0.3, -0.25) is 9.69 Å². The number of carbonyl (C=O) groups excluding carboxylic acids is 1. The Morgan fingerprint density at radius 2 is 2.30 bits per heavy atom. The summed E-state index contributed by atoms with van der Waals surface area (Å²) in [6, 6.07) is 7.75. The van der Waals surface area contributed by atoms with Gasteiger partial charge in [-0.2, -0.15) is 0 Å². The number of rotatable bonds is 5. The van der Waals surface area contributed by atoms with Gasteiger partial charge in [-0.1, -0.05) is 17.7 Å². The Morgan fingerprint density at radius 1 is 1.50 bits per heavy atom. The van der Waals surface area contributed by atoms with Gasteiger partial charge < -0.3 is 5.32 Å². The van der Waals surface area contributed by atoms with E-state index in [1.807, 2.05) is 23.4 Å². The molecule has 0 saturated carbocycles. The maximum Gasteiger partial charge on any atom is 0.238 e. The van der Waals surface area contributed by atoms with Gasteiger partial charge in [0.05, 0.1) is 12.2 Å². The molecule has 0 radical (unpaired) electrons. The van der Waals surface area contributed by atoms with E-state index in [0.717, 1.165) is 0 Å². The van der Waals surface area contributed by atoms with Crippen molar-refractivity contribution >= 4 is 34.5 Å². The predicted molar refractivity (Wildman–Crippen MR) is 83.2 cm³/mol. The van der Waals surface area contributed by atoms with E-state index in [1.165, 1.54) is 4.88 Å². The third-order valence-corrected chi connectivity index (χ3v) is 4.39. The van der Waals surface area contributed by atoms with Gasteiger partial charge in [-0.05, 0) is 37.6 Å². The fraction of sp³-hybridized carbons (Fsp3) is 0.286. The van der Waals surface area contributed by atoms with E-state index in [9.17, 15) is 4.79 Å². The number of amides is 1. The molecule has 0 saturated heterocycles. The summed E-state index contributed by atoms with van der Waals surface area (Å²) >= 11 is 7.60. The average molecular weight is 310 g/mol. The molecule has 1 N–H and O–H groups in total. The second kappa shape index (κ2) is 6.83. The van der Waals surface area contributed by atoms with Crippen LogP contribution in [0.3, 0.4) is 0 Å².